The van der Waals surface area contributed by atoms with Gasteiger partial charge in [-0.1, -0.05) is 31.9 Å². The molecule has 0 aliphatic rings. The maximum Gasteiger partial charge on any atom is 0.0992 e. The van der Waals surface area contributed by atoms with Crippen molar-refractivity contribution in [2.75, 3.05) is 0 Å². The molecule has 0 aliphatic heterocycles. The van der Waals surface area contributed by atoms with E-state index >= 15 is 0 Å². The Morgan fingerprint density at radius 1 is 1.25 bits per heavy atom. The van der Waals surface area contributed by atoms with Crippen molar-refractivity contribution in [3.63, 3.8) is 0 Å². The molecule has 62 valence electrons. The zero-order chi connectivity index (χ0) is 8.97. The number of pyridine rings is 1. The van der Waals surface area contributed by atoms with Gasteiger partial charge in [-0.15, -0.1) is 0 Å². The van der Waals surface area contributed by atoms with E-state index in [4.69, 9.17) is 5.26 Å². The molecular weight excluding hydrogens is 284 g/mol. The molecule has 0 fully saturated rings. The fourth-order valence-electron chi connectivity index (χ4n) is 0.851. The maximum atomic E-state index is 8.67. The summed E-state index contributed by atoms with van der Waals surface area (Å²) >= 11 is 6.59. The second kappa shape index (κ2) is 4.58. The number of nitriles is 1. The molecule has 1 rings (SSSR count). The number of halogens is 2. The highest BCUT2D eigenvalue weighted by molar-refractivity contribution is 9.08. The lowest BCUT2D eigenvalue weighted by Crippen LogP contribution is -1.92. The number of rotatable bonds is 2. The molecule has 0 amide bonds. The van der Waals surface area contributed by atoms with Gasteiger partial charge in [-0.3, -0.25) is 4.98 Å². The van der Waals surface area contributed by atoms with E-state index in [9.17, 15) is 0 Å². The fraction of sp³-hybridized carbons (Fsp3) is 0.250. The van der Waals surface area contributed by atoms with E-state index in [0.717, 1.165) is 11.4 Å². The Kier molecular flexibility index (Phi) is 3.70. The van der Waals surface area contributed by atoms with Crippen molar-refractivity contribution < 1.29 is 0 Å². The van der Waals surface area contributed by atoms with Crippen LogP contribution in [0.4, 0.5) is 0 Å². The molecule has 0 radical (unpaired) electrons. The Morgan fingerprint density at radius 3 is 2.08 bits per heavy atom. The van der Waals surface area contributed by atoms with E-state index in [1.165, 1.54) is 0 Å². The van der Waals surface area contributed by atoms with Crippen molar-refractivity contribution in [3.8, 4) is 6.07 Å². The zero-order valence-corrected chi connectivity index (χ0v) is 9.39. The van der Waals surface area contributed by atoms with Gasteiger partial charge in [0, 0.05) is 10.7 Å². The third-order valence-electron chi connectivity index (χ3n) is 1.33. The summed E-state index contributed by atoms with van der Waals surface area (Å²) in [5, 5.41) is 10.0. The van der Waals surface area contributed by atoms with Crippen LogP contribution in [-0.4, -0.2) is 4.98 Å². The van der Waals surface area contributed by atoms with Gasteiger partial charge in [-0.2, -0.15) is 5.26 Å². The Labute approximate surface area is 87.9 Å². The molecule has 1 aromatic rings. The minimum absolute atomic E-state index is 0.661. The summed E-state index contributed by atoms with van der Waals surface area (Å²) < 4.78 is 0. The van der Waals surface area contributed by atoms with Crippen molar-refractivity contribution in [3.05, 3.63) is 29.1 Å². The van der Waals surface area contributed by atoms with E-state index in [2.05, 4.69) is 42.9 Å². The largest absolute Gasteiger partial charge is 0.256 e. The first-order chi connectivity index (χ1) is 5.80. The fourth-order valence-corrected chi connectivity index (χ4v) is 1.43. The van der Waals surface area contributed by atoms with Crippen molar-refractivity contribution in [1.82, 2.24) is 4.98 Å². The topological polar surface area (TPSA) is 36.7 Å². The highest BCUT2D eigenvalue weighted by Crippen LogP contribution is 2.10. The van der Waals surface area contributed by atoms with Crippen LogP contribution in [-0.2, 0) is 10.7 Å². The molecule has 4 heteroatoms. The second-order valence-corrected chi connectivity index (χ2v) is 3.34. The van der Waals surface area contributed by atoms with Crippen LogP contribution in [0.2, 0.25) is 0 Å². The molecule has 0 aromatic carbocycles. The predicted molar refractivity (Wildman–Crippen MR) is 54.2 cm³/mol. The Hall–Kier alpha value is -0.400. The third-order valence-corrected chi connectivity index (χ3v) is 2.48. The van der Waals surface area contributed by atoms with Gasteiger partial charge in [0.15, 0.2) is 0 Å². The summed E-state index contributed by atoms with van der Waals surface area (Å²) in [6.45, 7) is 0. The smallest absolute Gasteiger partial charge is 0.0992 e. The van der Waals surface area contributed by atoms with Crippen molar-refractivity contribution in [1.29, 1.82) is 5.26 Å². The lowest BCUT2D eigenvalue weighted by atomic mass is 10.2. The van der Waals surface area contributed by atoms with Gasteiger partial charge in [0.05, 0.1) is 23.0 Å². The molecule has 0 saturated heterocycles. The minimum atomic E-state index is 0.661. The molecule has 1 heterocycles. The van der Waals surface area contributed by atoms with Gasteiger partial charge in [0.2, 0.25) is 0 Å². The molecule has 0 bridgehead atoms. The Morgan fingerprint density at radius 2 is 1.75 bits per heavy atom. The molecule has 0 spiro atoms. The van der Waals surface area contributed by atoms with E-state index in [1.807, 2.05) is 0 Å². The number of nitrogens with zero attached hydrogens (tertiary/aromatic N) is 2. The van der Waals surface area contributed by atoms with Crippen molar-refractivity contribution in [2.45, 2.75) is 10.7 Å². The highest BCUT2D eigenvalue weighted by Gasteiger charge is 1.99. The summed E-state index contributed by atoms with van der Waals surface area (Å²) in [6.07, 6.45) is 0. The first kappa shape index (κ1) is 9.69. The van der Waals surface area contributed by atoms with E-state index in [1.54, 1.807) is 12.1 Å². The number of hydrogen-bond donors (Lipinski definition) is 0. The molecule has 1 aromatic heterocycles. The van der Waals surface area contributed by atoms with Crippen LogP contribution in [0.25, 0.3) is 0 Å². The predicted octanol–water partition coefficient (Wildman–Crippen LogP) is 2.74. The zero-order valence-electron chi connectivity index (χ0n) is 6.22. The summed E-state index contributed by atoms with van der Waals surface area (Å²) in [7, 11) is 0. The van der Waals surface area contributed by atoms with E-state index in [-0.39, 0.29) is 0 Å². The first-order valence-corrected chi connectivity index (χ1v) is 5.56. The molecule has 0 N–H and O–H groups in total. The number of aromatic nitrogens is 1. The Balaban J connectivity index is 3.12. The average Bonchev–Trinajstić information content (AvgIpc) is 2.16. The minimum Gasteiger partial charge on any atom is -0.256 e. The molecular formula is C8H6Br2N2. The standard InChI is InChI=1S/C8H6Br2N2/c9-3-7-1-6(5-11)2-8(4-10)12-7/h1-2H,3-4H2. The van der Waals surface area contributed by atoms with Crippen LogP contribution in [0, 0.1) is 11.3 Å². The molecule has 0 unspecified atom stereocenters. The van der Waals surface area contributed by atoms with Crippen LogP contribution in [0.1, 0.15) is 17.0 Å². The number of hydrogen-bond acceptors (Lipinski definition) is 2. The van der Waals surface area contributed by atoms with E-state index in [0.29, 0.717) is 16.2 Å². The number of alkyl halides is 2. The van der Waals surface area contributed by atoms with E-state index < -0.39 is 0 Å². The summed E-state index contributed by atoms with van der Waals surface area (Å²) in [5.74, 6) is 0. The van der Waals surface area contributed by atoms with Gasteiger partial charge in [-0.25, -0.2) is 0 Å². The van der Waals surface area contributed by atoms with Gasteiger partial charge < -0.3 is 0 Å². The molecule has 0 saturated carbocycles. The Bertz CT molecular complexity index is 295. The molecule has 2 nitrogen and oxygen atoms in total. The van der Waals surface area contributed by atoms with Gasteiger partial charge in [0.25, 0.3) is 0 Å². The lowest BCUT2D eigenvalue weighted by molar-refractivity contribution is 1.10. The van der Waals surface area contributed by atoms with Crippen LogP contribution >= 0.6 is 31.9 Å². The molecule has 12 heavy (non-hydrogen) atoms. The van der Waals surface area contributed by atoms with Gasteiger partial charge in [0.1, 0.15) is 0 Å². The maximum absolute atomic E-state index is 8.67. The average molecular weight is 290 g/mol. The van der Waals surface area contributed by atoms with Crippen LogP contribution < -0.4 is 0 Å². The summed E-state index contributed by atoms with van der Waals surface area (Å²) in [5.41, 5.74) is 2.45. The highest BCUT2D eigenvalue weighted by atomic mass is 79.9. The monoisotopic (exact) mass is 288 g/mol. The van der Waals surface area contributed by atoms with Crippen LogP contribution in [0.3, 0.4) is 0 Å². The SMILES string of the molecule is N#Cc1cc(CBr)nc(CBr)c1. The first-order valence-electron chi connectivity index (χ1n) is 3.32. The molecule has 0 atom stereocenters. The third kappa shape index (κ3) is 2.29. The second-order valence-electron chi connectivity index (χ2n) is 2.22. The lowest BCUT2D eigenvalue weighted by Gasteiger charge is -1.99. The van der Waals surface area contributed by atoms with Crippen molar-refractivity contribution >= 4 is 31.9 Å². The van der Waals surface area contributed by atoms with Gasteiger partial charge in [-0.05, 0) is 12.1 Å². The van der Waals surface area contributed by atoms with Gasteiger partial charge >= 0.3 is 0 Å². The van der Waals surface area contributed by atoms with Crippen molar-refractivity contribution in [2.24, 2.45) is 0 Å². The summed E-state index contributed by atoms with van der Waals surface area (Å²) in [6, 6.07) is 5.65. The van der Waals surface area contributed by atoms with Crippen LogP contribution in [0.15, 0.2) is 12.1 Å². The quantitative estimate of drug-likeness (QED) is 0.785. The van der Waals surface area contributed by atoms with Crippen LogP contribution in [0.5, 0.6) is 0 Å². The summed E-state index contributed by atoms with van der Waals surface area (Å²) in [4.78, 5) is 4.27. The normalized spacial score (nSPS) is 9.42. The molecule has 0 aliphatic carbocycles.